The van der Waals surface area contributed by atoms with E-state index in [-0.39, 0.29) is 40.6 Å². The van der Waals surface area contributed by atoms with Crippen LogP contribution in [0.3, 0.4) is 0 Å². The second kappa shape index (κ2) is 7.99. The molecule has 1 unspecified atom stereocenters. The van der Waals surface area contributed by atoms with Crippen molar-refractivity contribution in [3.8, 4) is 11.3 Å². The van der Waals surface area contributed by atoms with Crippen LogP contribution in [0.1, 0.15) is 31.5 Å². The molecule has 0 N–H and O–H groups in total. The number of ether oxygens (including phenoxy) is 1. The van der Waals surface area contributed by atoms with E-state index in [1.54, 1.807) is 6.92 Å². The normalized spacial score (nSPS) is 18.7. The molecule has 0 radical (unpaired) electrons. The summed E-state index contributed by atoms with van der Waals surface area (Å²) in [7, 11) is 0. The number of hydrogen-bond donors (Lipinski definition) is 0. The fourth-order valence-corrected chi connectivity index (χ4v) is 3.21. The van der Waals surface area contributed by atoms with E-state index in [9.17, 15) is 22.4 Å². The molecule has 1 aliphatic rings. The summed E-state index contributed by atoms with van der Waals surface area (Å²) in [6, 6.07) is 2.14. The molecule has 3 rings (SSSR count). The Balaban J connectivity index is 2.00. The molecule has 1 aromatic heterocycles. The lowest BCUT2D eigenvalue weighted by Crippen LogP contribution is -2.37. The molecule has 6 nitrogen and oxygen atoms in total. The van der Waals surface area contributed by atoms with Crippen molar-refractivity contribution in [3.63, 3.8) is 0 Å². The summed E-state index contributed by atoms with van der Waals surface area (Å²) in [5.41, 5.74) is -2.85. The molecule has 1 aliphatic heterocycles. The van der Waals surface area contributed by atoms with Gasteiger partial charge in [0.25, 0.3) is 0 Å². The lowest BCUT2D eigenvalue weighted by molar-refractivity contribution is -0.166. The van der Waals surface area contributed by atoms with Gasteiger partial charge in [0.05, 0.1) is 23.5 Å². The number of esters is 1. The molecule has 0 aliphatic carbocycles. The van der Waals surface area contributed by atoms with Crippen LogP contribution in [0.5, 0.6) is 0 Å². The van der Waals surface area contributed by atoms with Gasteiger partial charge in [0.15, 0.2) is 10.8 Å². The highest BCUT2D eigenvalue weighted by Gasteiger charge is 2.44. The molecule has 1 aromatic carbocycles. The van der Waals surface area contributed by atoms with Crippen LogP contribution in [0.25, 0.3) is 11.3 Å². The average molecular weight is 466 g/mol. The zero-order chi connectivity index (χ0) is 22.3. The molecule has 0 saturated carbocycles. The van der Waals surface area contributed by atoms with Crippen LogP contribution in [0.4, 0.5) is 17.6 Å². The highest BCUT2D eigenvalue weighted by atomic mass is 35.5. The molecule has 0 bridgehead atoms. The van der Waals surface area contributed by atoms with Crippen LogP contribution in [0.2, 0.25) is 10.2 Å². The molecule has 0 amide bonds. The largest absolute Gasteiger partial charge is 0.463 e. The second-order valence-electron chi connectivity index (χ2n) is 6.46. The maximum Gasteiger partial charge on any atom is 0.434 e. The van der Waals surface area contributed by atoms with Gasteiger partial charge < -0.3 is 9.57 Å². The number of oxime groups is 1. The Kier molecular flexibility index (Phi) is 5.92. The minimum absolute atomic E-state index is 0.0248. The van der Waals surface area contributed by atoms with E-state index in [0.717, 1.165) is 6.07 Å². The topological polar surface area (TPSA) is 73.7 Å². The highest BCUT2D eigenvalue weighted by Crippen LogP contribution is 2.36. The summed E-state index contributed by atoms with van der Waals surface area (Å²) in [4.78, 5) is 24.2. The van der Waals surface area contributed by atoms with Crippen molar-refractivity contribution in [2.75, 3.05) is 6.61 Å². The highest BCUT2D eigenvalue weighted by molar-refractivity contribution is 6.35. The number of nitrogens with zero attached hydrogens (tertiary/aromatic N) is 3. The predicted molar refractivity (Wildman–Crippen MR) is 99.7 cm³/mol. The Morgan fingerprint density at radius 1 is 1.30 bits per heavy atom. The van der Waals surface area contributed by atoms with Crippen molar-refractivity contribution < 1.29 is 31.9 Å². The first kappa shape index (κ1) is 22.2. The third-order valence-corrected chi connectivity index (χ3v) is 4.79. The van der Waals surface area contributed by atoms with Gasteiger partial charge in [-0.25, -0.2) is 14.2 Å². The van der Waals surface area contributed by atoms with Crippen molar-refractivity contribution in [2.45, 2.75) is 32.0 Å². The Labute approximate surface area is 177 Å². The van der Waals surface area contributed by atoms with Crippen LogP contribution in [0, 0.1) is 5.82 Å². The van der Waals surface area contributed by atoms with Crippen LogP contribution in [-0.4, -0.2) is 33.9 Å². The number of carbonyl (C=O) groups excluding carboxylic acids is 1. The molecule has 160 valence electrons. The van der Waals surface area contributed by atoms with Crippen molar-refractivity contribution in [2.24, 2.45) is 5.16 Å². The summed E-state index contributed by atoms with van der Waals surface area (Å²) in [6.07, 6.45) is -4.33. The minimum atomic E-state index is -4.76. The molecule has 0 fully saturated rings. The van der Waals surface area contributed by atoms with E-state index in [2.05, 4.69) is 15.1 Å². The Morgan fingerprint density at radius 2 is 2.00 bits per heavy atom. The van der Waals surface area contributed by atoms with Gasteiger partial charge in [-0.3, -0.25) is 4.98 Å². The zero-order valence-corrected chi connectivity index (χ0v) is 17.0. The van der Waals surface area contributed by atoms with Crippen molar-refractivity contribution >= 4 is 34.9 Å². The molecule has 2 heterocycles. The van der Waals surface area contributed by atoms with Gasteiger partial charge in [-0.15, -0.1) is 0 Å². The number of halogens is 6. The van der Waals surface area contributed by atoms with Crippen LogP contribution >= 0.6 is 23.2 Å². The monoisotopic (exact) mass is 465 g/mol. The van der Waals surface area contributed by atoms with E-state index in [1.807, 2.05) is 0 Å². The molecule has 0 saturated heterocycles. The fourth-order valence-electron chi connectivity index (χ4n) is 2.71. The summed E-state index contributed by atoms with van der Waals surface area (Å²) in [5, 5.41) is 3.15. The maximum absolute atomic E-state index is 14.5. The van der Waals surface area contributed by atoms with Gasteiger partial charge in [-0.05, 0) is 26.0 Å². The quantitative estimate of drug-likeness (QED) is 0.466. The van der Waals surface area contributed by atoms with E-state index in [0.29, 0.717) is 6.20 Å². The smallest absolute Gasteiger partial charge is 0.434 e. The number of carbonyl (C=O) groups is 1. The Morgan fingerprint density at radius 3 is 2.60 bits per heavy atom. The molecule has 2 aromatic rings. The fraction of sp³-hybridized carbons (Fsp3) is 0.333. The maximum atomic E-state index is 14.5. The van der Waals surface area contributed by atoms with Gasteiger partial charge >= 0.3 is 12.1 Å². The predicted octanol–water partition coefficient (Wildman–Crippen LogP) is 5.05. The number of hydrogen-bond acceptors (Lipinski definition) is 6. The minimum Gasteiger partial charge on any atom is -0.463 e. The first-order chi connectivity index (χ1) is 14.0. The van der Waals surface area contributed by atoms with Crippen molar-refractivity contribution in [3.05, 3.63) is 45.6 Å². The van der Waals surface area contributed by atoms with Crippen LogP contribution in [0.15, 0.2) is 23.5 Å². The summed E-state index contributed by atoms with van der Waals surface area (Å²) >= 11 is 11.9. The van der Waals surface area contributed by atoms with E-state index < -0.39 is 34.4 Å². The van der Waals surface area contributed by atoms with Crippen molar-refractivity contribution in [1.29, 1.82) is 0 Å². The van der Waals surface area contributed by atoms with Gasteiger partial charge in [0.1, 0.15) is 11.5 Å². The van der Waals surface area contributed by atoms with Gasteiger partial charge in [-0.1, -0.05) is 28.4 Å². The Bertz CT molecular complexity index is 1050. The van der Waals surface area contributed by atoms with E-state index >= 15 is 0 Å². The SMILES string of the molecule is CCOC(=O)C1(C)CC(c2cc(-c3ncc(C(F)(F)F)nc3Cl)c(F)cc2Cl)=NO1. The molecular formula is C18H13Cl2F4N3O3. The first-order valence-electron chi connectivity index (χ1n) is 8.48. The van der Waals surface area contributed by atoms with Crippen molar-refractivity contribution in [1.82, 2.24) is 9.97 Å². The molecule has 1 atom stereocenters. The number of benzene rings is 1. The Hall–Kier alpha value is -2.46. The van der Waals surface area contributed by atoms with E-state index in [4.69, 9.17) is 32.8 Å². The third-order valence-electron chi connectivity index (χ3n) is 4.21. The molecule has 30 heavy (non-hydrogen) atoms. The summed E-state index contributed by atoms with van der Waals surface area (Å²) < 4.78 is 57.8. The van der Waals surface area contributed by atoms with E-state index in [1.165, 1.54) is 13.0 Å². The molecule has 0 spiro atoms. The number of alkyl halides is 3. The number of aromatic nitrogens is 2. The lowest BCUT2D eigenvalue weighted by Gasteiger charge is -2.18. The standard InChI is InChI=1S/C18H13Cl2F4N3O3/c1-3-29-16(28)17(2)6-12(27-30-17)8-4-9(11(21)5-10(8)19)14-15(20)26-13(7-25-14)18(22,23)24/h4-5,7H,3,6H2,1-2H3. The first-order valence-corrected chi connectivity index (χ1v) is 9.23. The van der Waals surface area contributed by atoms with Gasteiger partial charge in [-0.2, -0.15) is 13.2 Å². The van der Waals surface area contributed by atoms with Gasteiger partial charge in [0, 0.05) is 17.5 Å². The second-order valence-corrected chi connectivity index (χ2v) is 7.23. The van der Waals surface area contributed by atoms with Crippen LogP contribution in [-0.2, 0) is 20.5 Å². The third kappa shape index (κ3) is 4.20. The molecular weight excluding hydrogens is 453 g/mol. The lowest BCUT2D eigenvalue weighted by atomic mass is 9.94. The average Bonchev–Trinajstić information content (AvgIpc) is 3.05. The molecule has 12 heteroatoms. The van der Waals surface area contributed by atoms with Gasteiger partial charge in [0.2, 0.25) is 5.60 Å². The summed E-state index contributed by atoms with van der Waals surface area (Å²) in [6.45, 7) is 3.24. The summed E-state index contributed by atoms with van der Waals surface area (Å²) in [5.74, 6) is -1.52. The van der Waals surface area contributed by atoms with Crippen LogP contribution < -0.4 is 0 Å². The zero-order valence-electron chi connectivity index (χ0n) is 15.5. The number of rotatable bonds is 4.